The van der Waals surface area contributed by atoms with Crippen LogP contribution in [0.25, 0.3) is 0 Å². The van der Waals surface area contributed by atoms with Gasteiger partial charge in [0, 0.05) is 26.2 Å². The van der Waals surface area contributed by atoms with Gasteiger partial charge >= 0.3 is 12.2 Å². The molecule has 6 heteroatoms. The summed E-state index contributed by atoms with van der Waals surface area (Å²) in [5.41, 5.74) is 13.5. The lowest BCUT2D eigenvalue weighted by Crippen LogP contribution is -2.40. The summed E-state index contributed by atoms with van der Waals surface area (Å²) in [5, 5.41) is 19.8. The van der Waals surface area contributed by atoms with Crippen LogP contribution in [-0.2, 0) is 13.1 Å². The molecule has 0 bridgehead atoms. The lowest BCUT2D eigenvalue weighted by atomic mass is 9.89. The van der Waals surface area contributed by atoms with Gasteiger partial charge in [-0.15, -0.1) is 0 Å². The van der Waals surface area contributed by atoms with Crippen LogP contribution >= 0.6 is 0 Å². The van der Waals surface area contributed by atoms with E-state index >= 15 is 0 Å². The minimum Gasteiger partial charge on any atom is -0.465 e. The minimum atomic E-state index is -1.05. The molecule has 0 aliphatic carbocycles. The van der Waals surface area contributed by atoms with Gasteiger partial charge in [0.2, 0.25) is 0 Å². The zero-order valence-electron chi connectivity index (χ0n) is 22.4. The lowest BCUT2D eigenvalue weighted by Gasteiger charge is -2.28. The van der Waals surface area contributed by atoms with Gasteiger partial charge in [-0.3, -0.25) is 0 Å². The molecule has 0 radical (unpaired) electrons. The van der Waals surface area contributed by atoms with Gasteiger partial charge in [0.25, 0.3) is 0 Å². The molecule has 0 saturated heterocycles. The molecule has 6 nitrogen and oxygen atoms in total. The van der Waals surface area contributed by atoms with E-state index < -0.39 is 12.2 Å². The molecule has 2 amide bonds. The van der Waals surface area contributed by atoms with Crippen molar-refractivity contribution >= 4 is 12.2 Å². The van der Waals surface area contributed by atoms with E-state index in [-0.39, 0.29) is 26.2 Å². The Morgan fingerprint density at radius 2 is 0.676 bits per heavy atom. The number of rotatable bonds is 7. The van der Waals surface area contributed by atoms with Crippen molar-refractivity contribution in [3.8, 4) is 0 Å². The molecule has 34 heavy (non-hydrogen) atoms. The number of carbonyl (C=O) groups is 2. The fraction of sp³-hybridized carbons (Fsp3) is 0.500. The molecule has 2 aromatic rings. The topological polar surface area (TPSA) is 81.1 Å². The quantitative estimate of drug-likeness (QED) is 0.490. The first kappa shape index (κ1) is 27.2. The molecule has 2 N–H and O–H groups in total. The average molecular weight is 469 g/mol. The fourth-order valence-corrected chi connectivity index (χ4v) is 4.74. The third kappa shape index (κ3) is 5.21. The first-order valence-electron chi connectivity index (χ1n) is 11.8. The zero-order chi connectivity index (χ0) is 26.1. The smallest absolute Gasteiger partial charge is 0.407 e. The summed E-state index contributed by atoms with van der Waals surface area (Å²) in [7, 11) is 0. The van der Waals surface area contributed by atoms with Crippen LogP contribution in [0.5, 0.6) is 0 Å². The van der Waals surface area contributed by atoms with Crippen LogP contribution in [-0.4, -0.2) is 45.3 Å². The number of benzene rings is 2. The van der Waals surface area contributed by atoms with Crippen molar-refractivity contribution in [3.63, 3.8) is 0 Å². The highest BCUT2D eigenvalue weighted by Gasteiger charge is 2.22. The second kappa shape index (κ2) is 10.5. The molecule has 0 spiro atoms. The highest BCUT2D eigenvalue weighted by Crippen LogP contribution is 2.28. The number of nitrogens with zero attached hydrogens (tertiary/aromatic N) is 2. The summed E-state index contributed by atoms with van der Waals surface area (Å²) in [6.07, 6.45) is -2.09. The van der Waals surface area contributed by atoms with Gasteiger partial charge in [0.1, 0.15) is 0 Å². The summed E-state index contributed by atoms with van der Waals surface area (Å²) in [6, 6.07) is 0. The van der Waals surface area contributed by atoms with Crippen molar-refractivity contribution in [1.29, 1.82) is 0 Å². The summed E-state index contributed by atoms with van der Waals surface area (Å²) in [4.78, 5) is 26.8. The van der Waals surface area contributed by atoms with Gasteiger partial charge in [-0.05, 0) is 136 Å². The minimum absolute atomic E-state index is 0.106. The summed E-state index contributed by atoms with van der Waals surface area (Å²) in [5.74, 6) is 0. The number of hydrogen-bond donors (Lipinski definition) is 2. The Morgan fingerprint density at radius 3 is 0.882 bits per heavy atom. The van der Waals surface area contributed by atoms with Crippen molar-refractivity contribution in [2.24, 2.45) is 0 Å². The maximum absolute atomic E-state index is 12.1. The third-order valence-electron chi connectivity index (χ3n) is 8.19. The number of hydrogen-bond acceptors (Lipinski definition) is 2. The number of carboxylic acid groups (broad SMARTS) is 2. The van der Waals surface area contributed by atoms with Crippen LogP contribution < -0.4 is 0 Å². The predicted octanol–water partition coefficient (Wildman–Crippen LogP) is 6.43. The molecule has 0 atom stereocenters. The molecule has 186 valence electrons. The Hall–Kier alpha value is -3.02. The van der Waals surface area contributed by atoms with E-state index in [4.69, 9.17) is 0 Å². The molecule has 0 unspecified atom stereocenters. The fourth-order valence-electron chi connectivity index (χ4n) is 4.74. The standard InChI is InChI=1S/C28H40N2O4/c1-15-17(3)21(7)25(22(8)18(15)4)13-29(27(31)32)11-12-30(28(33)34)14-26-23(9)19(5)16(2)20(6)24(26)10/h11-14H2,1-10H3,(H,31,32)(H,33,34). The third-order valence-corrected chi connectivity index (χ3v) is 8.19. The molecule has 0 aliphatic rings. The highest BCUT2D eigenvalue weighted by atomic mass is 16.4. The monoisotopic (exact) mass is 468 g/mol. The second-order valence-electron chi connectivity index (χ2n) is 9.62. The molecular formula is C28H40N2O4. The summed E-state index contributed by atoms with van der Waals surface area (Å²) >= 11 is 0. The first-order chi connectivity index (χ1) is 15.7. The van der Waals surface area contributed by atoms with Crippen LogP contribution in [0, 0.1) is 69.2 Å². The first-order valence-corrected chi connectivity index (χ1v) is 11.8. The van der Waals surface area contributed by atoms with E-state index in [2.05, 4.69) is 41.5 Å². The van der Waals surface area contributed by atoms with E-state index in [0.29, 0.717) is 0 Å². The van der Waals surface area contributed by atoms with Crippen molar-refractivity contribution < 1.29 is 19.8 Å². The molecule has 0 heterocycles. The Bertz CT molecular complexity index is 987. The van der Waals surface area contributed by atoms with Crippen LogP contribution in [0.4, 0.5) is 9.59 Å². The van der Waals surface area contributed by atoms with Gasteiger partial charge in [-0.25, -0.2) is 9.59 Å². The molecule has 0 fully saturated rings. The predicted molar refractivity (Wildman–Crippen MR) is 137 cm³/mol. The van der Waals surface area contributed by atoms with Gasteiger partial charge in [0.05, 0.1) is 0 Å². The highest BCUT2D eigenvalue weighted by molar-refractivity contribution is 5.67. The van der Waals surface area contributed by atoms with E-state index in [9.17, 15) is 19.8 Å². The van der Waals surface area contributed by atoms with Crippen molar-refractivity contribution in [3.05, 3.63) is 66.8 Å². The van der Waals surface area contributed by atoms with Crippen LogP contribution in [0.1, 0.15) is 66.8 Å². The summed E-state index contributed by atoms with van der Waals surface area (Å²) < 4.78 is 0. The zero-order valence-corrected chi connectivity index (χ0v) is 22.4. The Kier molecular flexibility index (Phi) is 8.40. The van der Waals surface area contributed by atoms with Crippen LogP contribution in [0.3, 0.4) is 0 Å². The molecule has 0 aromatic heterocycles. The van der Waals surface area contributed by atoms with E-state index in [1.807, 2.05) is 27.7 Å². The Labute approximate surface area is 204 Å². The van der Waals surface area contributed by atoms with Gasteiger partial charge < -0.3 is 20.0 Å². The molecule has 2 rings (SSSR count). The lowest BCUT2D eigenvalue weighted by molar-refractivity contribution is 0.118. The molecular weight excluding hydrogens is 428 g/mol. The molecule has 0 saturated carbocycles. The van der Waals surface area contributed by atoms with Crippen molar-refractivity contribution in [1.82, 2.24) is 9.80 Å². The molecule has 0 aliphatic heterocycles. The maximum Gasteiger partial charge on any atom is 0.407 e. The van der Waals surface area contributed by atoms with E-state index in [1.165, 1.54) is 43.2 Å². The average Bonchev–Trinajstić information content (AvgIpc) is 2.79. The molecule has 2 aromatic carbocycles. The van der Waals surface area contributed by atoms with Crippen LogP contribution in [0.15, 0.2) is 0 Å². The largest absolute Gasteiger partial charge is 0.465 e. The normalized spacial score (nSPS) is 11.0. The Balaban J connectivity index is 2.31. The van der Waals surface area contributed by atoms with E-state index in [0.717, 1.165) is 33.4 Å². The van der Waals surface area contributed by atoms with E-state index in [1.54, 1.807) is 0 Å². The van der Waals surface area contributed by atoms with Crippen LogP contribution in [0.2, 0.25) is 0 Å². The Morgan fingerprint density at radius 1 is 0.471 bits per heavy atom. The number of amides is 2. The van der Waals surface area contributed by atoms with Gasteiger partial charge in [0.15, 0.2) is 0 Å². The van der Waals surface area contributed by atoms with Crippen molar-refractivity contribution in [2.45, 2.75) is 82.3 Å². The summed E-state index contributed by atoms with van der Waals surface area (Å²) in [6.45, 7) is 21.2. The van der Waals surface area contributed by atoms with Gasteiger partial charge in [-0.1, -0.05) is 0 Å². The maximum atomic E-state index is 12.1. The SMILES string of the molecule is Cc1c(C)c(C)c(CN(CCN(Cc2c(C)c(C)c(C)c(C)c2C)C(=O)O)C(=O)O)c(C)c1C. The van der Waals surface area contributed by atoms with Gasteiger partial charge in [-0.2, -0.15) is 0 Å². The van der Waals surface area contributed by atoms with Crippen molar-refractivity contribution in [2.75, 3.05) is 13.1 Å². The second-order valence-corrected chi connectivity index (χ2v) is 9.62.